The van der Waals surface area contributed by atoms with Crippen LogP contribution >= 0.6 is 11.6 Å². The first-order valence-electron chi connectivity index (χ1n) is 9.03. The Morgan fingerprint density at radius 2 is 1.97 bits per heavy atom. The molecule has 9 heteroatoms. The molecule has 2 amide bonds. The van der Waals surface area contributed by atoms with Crippen LogP contribution in [0, 0.1) is 12.7 Å². The van der Waals surface area contributed by atoms with Gasteiger partial charge in [0.25, 0.3) is 5.91 Å². The number of hydrogen-bond acceptors (Lipinski definition) is 4. The molecule has 29 heavy (non-hydrogen) atoms. The Labute approximate surface area is 171 Å². The predicted molar refractivity (Wildman–Crippen MR) is 107 cm³/mol. The molecule has 1 N–H and O–H groups in total. The van der Waals surface area contributed by atoms with E-state index in [2.05, 4.69) is 15.4 Å². The van der Waals surface area contributed by atoms with Gasteiger partial charge in [-0.15, -0.1) is 5.10 Å². The highest BCUT2D eigenvalue weighted by Gasteiger charge is 2.24. The van der Waals surface area contributed by atoms with Gasteiger partial charge in [0, 0.05) is 18.7 Å². The van der Waals surface area contributed by atoms with Gasteiger partial charge in [0.05, 0.1) is 16.4 Å². The van der Waals surface area contributed by atoms with Crippen molar-refractivity contribution in [3.05, 3.63) is 65.0 Å². The number of halogens is 2. The van der Waals surface area contributed by atoms with Gasteiger partial charge in [0.15, 0.2) is 0 Å². The summed E-state index contributed by atoms with van der Waals surface area (Å²) in [6.07, 6.45) is 1.31. The first-order valence-corrected chi connectivity index (χ1v) is 9.41. The molecule has 0 bridgehead atoms. The van der Waals surface area contributed by atoms with Crippen molar-refractivity contribution in [3.8, 4) is 5.69 Å². The molecule has 0 spiro atoms. The van der Waals surface area contributed by atoms with Crippen molar-refractivity contribution in [2.45, 2.75) is 19.8 Å². The number of aryl methyl sites for hydroxylation is 1. The number of carbonyl (C=O) groups excluding carboxylic acids is 2. The van der Waals surface area contributed by atoms with E-state index in [9.17, 15) is 14.0 Å². The van der Waals surface area contributed by atoms with Crippen LogP contribution in [0.3, 0.4) is 0 Å². The van der Waals surface area contributed by atoms with Gasteiger partial charge in [-0.05, 0) is 55.8 Å². The minimum Gasteiger partial charge on any atom is -0.319 e. The molecule has 1 saturated heterocycles. The van der Waals surface area contributed by atoms with Crippen LogP contribution in [-0.4, -0.2) is 33.1 Å². The molecule has 0 radical (unpaired) electrons. The molecule has 0 unspecified atom stereocenters. The number of amides is 2. The molecule has 1 aliphatic rings. The molecule has 0 atom stereocenters. The fraction of sp³-hybridized carbons (Fsp3) is 0.200. The zero-order valence-corrected chi connectivity index (χ0v) is 16.3. The van der Waals surface area contributed by atoms with Crippen LogP contribution in [0.5, 0.6) is 0 Å². The van der Waals surface area contributed by atoms with Gasteiger partial charge < -0.3 is 10.2 Å². The average molecular weight is 414 g/mol. The zero-order valence-electron chi connectivity index (χ0n) is 15.5. The van der Waals surface area contributed by atoms with Gasteiger partial charge in [-0.3, -0.25) is 9.59 Å². The Hall–Kier alpha value is -3.26. The van der Waals surface area contributed by atoms with Crippen molar-refractivity contribution in [2.24, 2.45) is 0 Å². The van der Waals surface area contributed by atoms with Crippen LogP contribution in [0.25, 0.3) is 5.69 Å². The lowest BCUT2D eigenvalue weighted by Crippen LogP contribution is -2.24. The number of nitrogens with one attached hydrogen (secondary N) is 1. The Morgan fingerprint density at radius 3 is 2.62 bits per heavy atom. The SMILES string of the molecule is Cc1nc(C(=O)Nc2ccc(N3CCCC3=O)c(Cl)c2)nn1-c1ccc(F)cc1. The van der Waals surface area contributed by atoms with E-state index < -0.39 is 5.91 Å². The third kappa shape index (κ3) is 3.84. The number of hydrogen-bond donors (Lipinski definition) is 1. The standard InChI is InChI=1S/C20H17ClFN5O2/c1-12-23-19(25-27(12)15-7-4-13(22)5-8-15)20(29)24-14-6-9-17(16(21)11-14)26-10-2-3-18(26)28/h4-9,11H,2-3,10H2,1H3,(H,24,29). The van der Waals surface area contributed by atoms with Gasteiger partial charge in [0.2, 0.25) is 11.7 Å². The van der Waals surface area contributed by atoms with Gasteiger partial charge >= 0.3 is 0 Å². The molecule has 2 heterocycles. The maximum absolute atomic E-state index is 13.1. The fourth-order valence-electron chi connectivity index (χ4n) is 3.21. The number of carbonyl (C=O) groups is 2. The molecule has 1 fully saturated rings. The Morgan fingerprint density at radius 1 is 1.21 bits per heavy atom. The number of nitrogens with zero attached hydrogens (tertiary/aromatic N) is 4. The average Bonchev–Trinajstić information content (AvgIpc) is 3.28. The van der Waals surface area contributed by atoms with Crippen LogP contribution in [-0.2, 0) is 4.79 Å². The third-order valence-corrected chi connectivity index (χ3v) is 4.92. The van der Waals surface area contributed by atoms with Crippen molar-refractivity contribution in [3.63, 3.8) is 0 Å². The molecule has 0 aliphatic carbocycles. The summed E-state index contributed by atoms with van der Waals surface area (Å²) in [6, 6.07) is 10.7. The third-order valence-electron chi connectivity index (χ3n) is 4.61. The van der Waals surface area contributed by atoms with E-state index in [4.69, 9.17) is 11.6 Å². The Bertz CT molecular complexity index is 1100. The van der Waals surface area contributed by atoms with Crippen LogP contribution in [0.1, 0.15) is 29.3 Å². The van der Waals surface area contributed by atoms with Crippen LogP contribution < -0.4 is 10.2 Å². The van der Waals surface area contributed by atoms with Gasteiger partial charge in [0.1, 0.15) is 11.6 Å². The van der Waals surface area contributed by atoms with Crippen molar-refractivity contribution in [2.75, 3.05) is 16.8 Å². The molecule has 1 aromatic heterocycles. The highest BCUT2D eigenvalue weighted by atomic mass is 35.5. The molecular formula is C20H17ClFN5O2. The van der Waals surface area contributed by atoms with E-state index in [-0.39, 0.29) is 17.5 Å². The number of anilines is 2. The molecule has 3 aromatic rings. The molecule has 2 aromatic carbocycles. The summed E-state index contributed by atoms with van der Waals surface area (Å²) in [5.74, 6) is -0.366. The summed E-state index contributed by atoms with van der Waals surface area (Å²) in [4.78, 5) is 30.3. The highest BCUT2D eigenvalue weighted by Crippen LogP contribution is 2.31. The normalized spacial score (nSPS) is 13.8. The molecule has 7 nitrogen and oxygen atoms in total. The number of benzene rings is 2. The number of rotatable bonds is 4. The lowest BCUT2D eigenvalue weighted by Gasteiger charge is -2.17. The maximum atomic E-state index is 13.1. The monoisotopic (exact) mass is 413 g/mol. The lowest BCUT2D eigenvalue weighted by molar-refractivity contribution is -0.117. The van der Waals surface area contributed by atoms with Crippen LogP contribution in [0.4, 0.5) is 15.8 Å². The summed E-state index contributed by atoms with van der Waals surface area (Å²) >= 11 is 6.32. The van der Waals surface area contributed by atoms with Crippen LogP contribution in [0.15, 0.2) is 42.5 Å². The second kappa shape index (κ2) is 7.63. The van der Waals surface area contributed by atoms with Crippen molar-refractivity contribution < 1.29 is 14.0 Å². The second-order valence-electron chi connectivity index (χ2n) is 6.64. The van der Waals surface area contributed by atoms with E-state index in [1.54, 1.807) is 42.2 Å². The van der Waals surface area contributed by atoms with Gasteiger partial charge in [-0.1, -0.05) is 11.6 Å². The minimum absolute atomic E-state index is 0.0262. The Balaban J connectivity index is 1.52. The molecular weight excluding hydrogens is 397 g/mol. The molecule has 0 saturated carbocycles. The summed E-state index contributed by atoms with van der Waals surface area (Å²) in [5, 5.41) is 7.28. The van der Waals surface area contributed by atoms with E-state index >= 15 is 0 Å². The van der Waals surface area contributed by atoms with E-state index in [1.807, 2.05) is 0 Å². The van der Waals surface area contributed by atoms with Crippen molar-refractivity contribution in [1.82, 2.24) is 14.8 Å². The molecule has 148 valence electrons. The van der Waals surface area contributed by atoms with Crippen molar-refractivity contribution >= 4 is 34.8 Å². The van der Waals surface area contributed by atoms with Crippen molar-refractivity contribution in [1.29, 1.82) is 0 Å². The summed E-state index contributed by atoms with van der Waals surface area (Å²) in [5.41, 5.74) is 1.69. The quantitative estimate of drug-likeness (QED) is 0.706. The predicted octanol–water partition coefficient (Wildman–Crippen LogP) is 3.75. The maximum Gasteiger partial charge on any atom is 0.295 e. The van der Waals surface area contributed by atoms with E-state index in [1.165, 1.54) is 16.8 Å². The topological polar surface area (TPSA) is 80.1 Å². The Kier molecular flexibility index (Phi) is 5.02. The zero-order chi connectivity index (χ0) is 20.5. The smallest absolute Gasteiger partial charge is 0.295 e. The summed E-state index contributed by atoms with van der Waals surface area (Å²) in [7, 11) is 0. The fourth-order valence-corrected chi connectivity index (χ4v) is 3.49. The number of aromatic nitrogens is 3. The second-order valence-corrected chi connectivity index (χ2v) is 7.05. The first kappa shape index (κ1) is 19.1. The summed E-state index contributed by atoms with van der Waals surface area (Å²) < 4.78 is 14.6. The minimum atomic E-state index is -0.505. The molecule has 1 aliphatic heterocycles. The largest absolute Gasteiger partial charge is 0.319 e. The van der Waals surface area contributed by atoms with Gasteiger partial charge in [-0.25, -0.2) is 14.1 Å². The first-order chi connectivity index (χ1) is 13.9. The molecule has 4 rings (SSSR count). The summed E-state index contributed by atoms with van der Waals surface area (Å²) in [6.45, 7) is 2.33. The highest BCUT2D eigenvalue weighted by molar-refractivity contribution is 6.34. The van der Waals surface area contributed by atoms with E-state index in [0.717, 1.165) is 6.42 Å². The van der Waals surface area contributed by atoms with Gasteiger partial charge in [-0.2, -0.15) is 0 Å². The lowest BCUT2D eigenvalue weighted by atomic mass is 10.2. The van der Waals surface area contributed by atoms with E-state index in [0.29, 0.717) is 40.9 Å². The van der Waals surface area contributed by atoms with Crippen LogP contribution in [0.2, 0.25) is 5.02 Å².